The molecule has 2 atom stereocenters. The van der Waals surface area contributed by atoms with Crippen LogP contribution in [0.5, 0.6) is 5.75 Å². The fourth-order valence-corrected chi connectivity index (χ4v) is 3.96. The van der Waals surface area contributed by atoms with E-state index in [1.807, 2.05) is 6.07 Å². The molecule has 0 saturated carbocycles. The number of phenolic OH excluding ortho intramolecular Hbond substituents is 1. The molecule has 1 aliphatic rings. The lowest BCUT2D eigenvalue weighted by atomic mass is 10.0. The van der Waals surface area contributed by atoms with Gasteiger partial charge in [-0.15, -0.1) is 0 Å². The summed E-state index contributed by atoms with van der Waals surface area (Å²) < 4.78 is 16.8. The smallest absolute Gasteiger partial charge is 0.128 e. The molecule has 4 rings (SSSR count). The Morgan fingerprint density at radius 1 is 1.13 bits per heavy atom. The van der Waals surface area contributed by atoms with E-state index in [-0.39, 0.29) is 12.2 Å². The Bertz CT molecular complexity index is 1070. The van der Waals surface area contributed by atoms with Crippen molar-refractivity contribution >= 4 is 0 Å². The summed E-state index contributed by atoms with van der Waals surface area (Å²) in [6, 6.07) is 17.7. The van der Waals surface area contributed by atoms with Gasteiger partial charge in [0.2, 0.25) is 0 Å². The molecule has 5 heteroatoms. The van der Waals surface area contributed by atoms with Crippen LogP contribution in [-0.4, -0.2) is 45.1 Å². The zero-order valence-electron chi connectivity index (χ0n) is 20.3. The lowest BCUT2D eigenvalue weighted by molar-refractivity contribution is 0.139. The first-order valence-corrected chi connectivity index (χ1v) is 11.0. The van der Waals surface area contributed by atoms with E-state index in [4.69, 9.17) is 7.73 Å². The second-order valence-corrected chi connectivity index (χ2v) is 8.37. The highest BCUT2D eigenvalue weighted by Gasteiger charge is 2.22. The average Bonchev–Trinajstić information content (AvgIpc) is 2.81. The lowest BCUT2D eigenvalue weighted by Crippen LogP contribution is -2.53. The highest BCUT2D eigenvalue weighted by Crippen LogP contribution is 2.21. The van der Waals surface area contributed by atoms with E-state index in [0.717, 1.165) is 30.9 Å². The second-order valence-electron chi connectivity index (χ2n) is 8.37. The molecule has 2 N–H and O–H groups in total. The minimum absolute atomic E-state index is 0.133. The van der Waals surface area contributed by atoms with Gasteiger partial charge < -0.3 is 10.4 Å². The van der Waals surface area contributed by atoms with E-state index in [1.165, 1.54) is 17.7 Å². The Balaban J connectivity index is 1.45. The van der Waals surface area contributed by atoms with E-state index < -0.39 is 6.37 Å². The molecule has 0 unspecified atom stereocenters. The van der Waals surface area contributed by atoms with Crippen molar-refractivity contribution in [3.05, 3.63) is 77.7 Å². The molecule has 0 spiro atoms. The highest BCUT2D eigenvalue weighted by atomic mass is 16.3. The van der Waals surface area contributed by atoms with Crippen LogP contribution in [0.25, 0.3) is 11.3 Å². The molecule has 0 amide bonds. The number of benzene rings is 2. The molecule has 162 valence electrons. The van der Waals surface area contributed by atoms with Gasteiger partial charge in [-0.25, -0.2) is 9.97 Å². The van der Waals surface area contributed by atoms with E-state index in [9.17, 15) is 5.11 Å². The molecule has 0 aliphatic carbocycles. The molecule has 31 heavy (non-hydrogen) atoms. The Morgan fingerprint density at radius 2 is 1.97 bits per heavy atom. The van der Waals surface area contributed by atoms with Gasteiger partial charge in [0.05, 0.1) is 5.69 Å². The van der Waals surface area contributed by atoms with E-state index in [0.29, 0.717) is 29.9 Å². The first-order valence-electron chi connectivity index (χ1n) is 12.0. The first kappa shape index (κ1) is 19.0. The van der Waals surface area contributed by atoms with Crippen LogP contribution in [0.2, 0.25) is 0 Å². The van der Waals surface area contributed by atoms with Crippen LogP contribution >= 0.6 is 0 Å². The number of aryl methyl sites for hydroxylation is 2. The van der Waals surface area contributed by atoms with Gasteiger partial charge in [-0.05, 0) is 62.0 Å². The Labute approximate surface area is 188 Å². The molecule has 1 saturated heterocycles. The SMILES string of the molecule is [2H]C([2H])(CCc1nccc(-c2cccc(CN3C[C@H](C)NC[C@@H]3C)c2)n1)c1ccc(O)cc1. The third-order valence-corrected chi connectivity index (χ3v) is 5.75. The van der Waals surface area contributed by atoms with Crippen LogP contribution in [-0.2, 0) is 19.3 Å². The molecule has 1 aromatic heterocycles. The zero-order valence-corrected chi connectivity index (χ0v) is 18.3. The van der Waals surface area contributed by atoms with Crippen LogP contribution in [0.4, 0.5) is 0 Å². The average molecular weight is 419 g/mol. The number of aromatic hydroxyl groups is 1. The number of hydrogen-bond donors (Lipinski definition) is 2. The third kappa shape index (κ3) is 5.90. The molecular formula is C26H32N4O. The predicted octanol–water partition coefficient (Wildman–Crippen LogP) is 4.21. The zero-order chi connectivity index (χ0) is 23.4. The maximum absolute atomic E-state index is 9.46. The molecule has 1 aliphatic heterocycles. The van der Waals surface area contributed by atoms with E-state index >= 15 is 0 Å². The first-order chi connectivity index (χ1) is 15.8. The van der Waals surface area contributed by atoms with Crippen molar-refractivity contribution in [2.45, 2.75) is 51.7 Å². The normalized spacial score (nSPS) is 20.8. The van der Waals surface area contributed by atoms with Crippen LogP contribution in [0, 0.1) is 0 Å². The summed E-state index contributed by atoms with van der Waals surface area (Å²) in [5.74, 6) is 0.763. The van der Waals surface area contributed by atoms with E-state index in [2.05, 4.69) is 53.3 Å². The van der Waals surface area contributed by atoms with E-state index in [1.54, 1.807) is 18.3 Å². The number of piperazine rings is 1. The van der Waals surface area contributed by atoms with Gasteiger partial charge >= 0.3 is 0 Å². The van der Waals surface area contributed by atoms with Crippen molar-refractivity contribution in [1.29, 1.82) is 0 Å². The molecule has 0 bridgehead atoms. The highest BCUT2D eigenvalue weighted by molar-refractivity contribution is 5.59. The summed E-state index contributed by atoms with van der Waals surface area (Å²) in [7, 11) is 0. The van der Waals surface area contributed by atoms with Crippen molar-refractivity contribution in [1.82, 2.24) is 20.2 Å². The number of aromatic nitrogens is 2. The summed E-state index contributed by atoms with van der Waals surface area (Å²) >= 11 is 0. The maximum Gasteiger partial charge on any atom is 0.128 e. The topological polar surface area (TPSA) is 61.3 Å². The van der Waals surface area contributed by atoms with Crippen LogP contribution < -0.4 is 5.32 Å². The Kier molecular flexibility index (Phi) is 6.14. The monoisotopic (exact) mass is 418 g/mol. The minimum atomic E-state index is -1.52. The third-order valence-electron chi connectivity index (χ3n) is 5.75. The van der Waals surface area contributed by atoms with Crippen LogP contribution in [0.1, 0.15) is 40.0 Å². The fourth-order valence-electron chi connectivity index (χ4n) is 3.96. The summed E-state index contributed by atoms with van der Waals surface area (Å²) in [6.45, 7) is 7.43. The van der Waals surface area contributed by atoms with Gasteiger partial charge in [0.15, 0.2) is 0 Å². The van der Waals surface area contributed by atoms with Gasteiger partial charge in [-0.3, -0.25) is 4.90 Å². The summed E-state index contributed by atoms with van der Waals surface area (Å²) in [4.78, 5) is 11.6. The Hall–Kier alpha value is -2.76. The second kappa shape index (κ2) is 10.0. The minimum Gasteiger partial charge on any atom is -0.508 e. The molecule has 3 aromatic rings. The number of nitrogens with zero attached hydrogens (tertiary/aromatic N) is 3. The molecule has 2 aromatic carbocycles. The van der Waals surface area contributed by atoms with Gasteiger partial charge in [-0.2, -0.15) is 0 Å². The molecule has 2 heterocycles. The summed E-state index contributed by atoms with van der Waals surface area (Å²) in [5, 5.41) is 13.0. The molecule has 5 nitrogen and oxygen atoms in total. The Morgan fingerprint density at radius 3 is 2.81 bits per heavy atom. The molecule has 0 radical (unpaired) electrons. The lowest BCUT2D eigenvalue weighted by Gasteiger charge is -2.37. The van der Waals surface area contributed by atoms with Gasteiger partial charge in [0.1, 0.15) is 11.6 Å². The van der Waals surface area contributed by atoms with Crippen molar-refractivity contribution in [3.8, 4) is 17.0 Å². The van der Waals surface area contributed by atoms with Crippen LogP contribution in [0.15, 0.2) is 60.8 Å². The predicted molar refractivity (Wildman–Crippen MR) is 125 cm³/mol. The van der Waals surface area contributed by atoms with Crippen molar-refractivity contribution < 1.29 is 7.85 Å². The molecule has 1 fully saturated rings. The quantitative estimate of drug-likeness (QED) is 0.602. The maximum atomic E-state index is 9.46. The van der Waals surface area contributed by atoms with Crippen LogP contribution in [0.3, 0.4) is 0 Å². The van der Waals surface area contributed by atoms with Crippen molar-refractivity contribution in [3.63, 3.8) is 0 Å². The standard InChI is InChI=1S/C26H32N4O/c1-19-17-30(20(2)16-28-19)18-22-6-3-7-23(15-22)25-13-14-27-26(29-25)8-4-5-21-9-11-24(31)12-10-21/h3,6-7,9-15,19-20,28,31H,4-5,8,16-18H2,1-2H3/t19-,20-/m0/s1/i5D2. The number of rotatable bonds is 7. The number of phenols is 1. The van der Waals surface area contributed by atoms with Gasteiger partial charge in [0.25, 0.3) is 0 Å². The molecular weight excluding hydrogens is 384 g/mol. The van der Waals surface area contributed by atoms with Gasteiger partial charge in [-0.1, -0.05) is 30.3 Å². The summed E-state index contributed by atoms with van der Waals surface area (Å²) in [6.07, 6.45) is 0.919. The number of hydrogen-bond acceptors (Lipinski definition) is 5. The largest absolute Gasteiger partial charge is 0.508 e. The van der Waals surface area contributed by atoms with Crippen molar-refractivity contribution in [2.75, 3.05) is 13.1 Å². The van der Waals surface area contributed by atoms with Gasteiger partial charge in [0, 0.05) is 52.6 Å². The number of nitrogens with one attached hydrogen (secondary N) is 1. The summed E-state index contributed by atoms with van der Waals surface area (Å²) in [5.41, 5.74) is 3.71. The fraction of sp³-hybridized carbons (Fsp3) is 0.385. The van der Waals surface area contributed by atoms with Crippen molar-refractivity contribution in [2.24, 2.45) is 0 Å².